The zero-order valence-electron chi connectivity index (χ0n) is 10.3. The monoisotopic (exact) mass is 229 g/mol. The average molecular weight is 229 g/mol. The van der Waals surface area contributed by atoms with Gasteiger partial charge in [0.05, 0.1) is 12.7 Å². The lowest BCUT2D eigenvalue weighted by molar-refractivity contribution is -0.151. The number of aliphatic hydroxyl groups excluding tert-OH is 1. The summed E-state index contributed by atoms with van der Waals surface area (Å²) < 4.78 is 5.06. The SMILES string of the molecule is CCOC(=O)C1CCCCN1CC(O)CC. The standard InChI is InChI=1S/C12H23NO3/c1-3-10(14)9-13-8-6-5-7-11(13)12(15)16-4-2/h10-11,14H,3-9H2,1-2H3. The van der Waals surface area contributed by atoms with Crippen LogP contribution in [0.3, 0.4) is 0 Å². The molecular formula is C12H23NO3. The first-order chi connectivity index (χ1) is 7.69. The van der Waals surface area contributed by atoms with Crippen LogP contribution in [-0.4, -0.2) is 47.8 Å². The van der Waals surface area contributed by atoms with Crippen LogP contribution in [-0.2, 0) is 9.53 Å². The molecule has 1 N–H and O–H groups in total. The van der Waals surface area contributed by atoms with Gasteiger partial charge in [-0.25, -0.2) is 0 Å². The van der Waals surface area contributed by atoms with Crippen molar-refractivity contribution < 1.29 is 14.6 Å². The van der Waals surface area contributed by atoms with Gasteiger partial charge < -0.3 is 9.84 Å². The topological polar surface area (TPSA) is 49.8 Å². The molecule has 0 bridgehead atoms. The van der Waals surface area contributed by atoms with Gasteiger partial charge in [0.15, 0.2) is 0 Å². The van der Waals surface area contributed by atoms with E-state index in [0.717, 1.165) is 32.2 Å². The Balaban J connectivity index is 2.52. The number of ether oxygens (including phenoxy) is 1. The van der Waals surface area contributed by atoms with Crippen LogP contribution in [0.4, 0.5) is 0 Å². The maximum Gasteiger partial charge on any atom is 0.323 e. The van der Waals surface area contributed by atoms with Crippen molar-refractivity contribution in [1.29, 1.82) is 0 Å². The van der Waals surface area contributed by atoms with Gasteiger partial charge in [0.25, 0.3) is 0 Å². The third-order valence-corrected chi connectivity index (χ3v) is 3.09. The van der Waals surface area contributed by atoms with Crippen LogP contribution in [0, 0.1) is 0 Å². The van der Waals surface area contributed by atoms with E-state index in [9.17, 15) is 9.90 Å². The van der Waals surface area contributed by atoms with E-state index >= 15 is 0 Å². The number of esters is 1. The van der Waals surface area contributed by atoms with Gasteiger partial charge in [-0.05, 0) is 32.7 Å². The fraction of sp³-hybridized carbons (Fsp3) is 0.917. The van der Waals surface area contributed by atoms with Gasteiger partial charge in [-0.3, -0.25) is 9.69 Å². The third kappa shape index (κ3) is 3.76. The van der Waals surface area contributed by atoms with Crippen molar-refractivity contribution in [3.05, 3.63) is 0 Å². The minimum absolute atomic E-state index is 0.134. The summed E-state index contributed by atoms with van der Waals surface area (Å²) in [6.07, 6.45) is 3.42. The smallest absolute Gasteiger partial charge is 0.323 e. The second kappa shape index (κ2) is 6.86. The predicted molar refractivity (Wildman–Crippen MR) is 62.1 cm³/mol. The zero-order chi connectivity index (χ0) is 12.0. The first-order valence-corrected chi connectivity index (χ1v) is 6.27. The van der Waals surface area contributed by atoms with Crippen LogP contribution in [0.5, 0.6) is 0 Å². The molecule has 4 nitrogen and oxygen atoms in total. The first-order valence-electron chi connectivity index (χ1n) is 6.27. The lowest BCUT2D eigenvalue weighted by atomic mass is 10.0. The number of nitrogens with zero attached hydrogens (tertiary/aromatic N) is 1. The Labute approximate surface area is 97.6 Å². The highest BCUT2D eigenvalue weighted by atomic mass is 16.5. The molecule has 1 rings (SSSR count). The number of rotatable bonds is 5. The molecule has 0 aromatic carbocycles. The summed E-state index contributed by atoms with van der Waals surface area (Å²) in [6.45, 7) is 5.68. The lowest BCUT2D eigenvalue weighted by Gasteiger charge is -2.34. The highest BCUT2D eigenvalue weighted by Gasteiger charge is 2.30. The number of piperidine rings is 1. The molecule has 0 saturated carbocycles. The molecule has 0 aliphatic carbocycles. The Morgan fingerprint density at radius 3 is 2.88 bits per heavy atom. The maximum absolute atomic E-state index is 11.7. The Kier molecular flexibility index (Phi) is 5.77. The van der Waals surface area contributed by atoms with Gasteiger partial charge in [0.1, 0.15) is 6.04 Å². The van der Waals surface area contributed by atoms with Gasteiger partial charge in [0, 0.05) is 6.54 Å². The molecule has 0 aromatic heterocycles. The lowest BCUT2D eigenvalue weighted by Crippen LogP contribution is -2.48. The Morgan fingerprint density at radius 1 is 1.50 bits per heavy atom. The van der Waals surface area contributed by atoms with E-state index in [2.05, 4.69) is 4.90 Å². The fourth-order valence-electron chi connectivity index (χ4n) is 2.11. The second-order valence-corrected chi connectivity index (χ2v) is 4.32. The molecule has 2 atom stereocenters. The van der Waals surface area contributed by atoms with Crippen molar-refractivity contribution in [1.82, 2.24) is 4.90 Å². The van der Waals surface area contributed by atoms with Gasteiger partial charge in [-0.15, -0.1) is 0 Å². The zero-order valence-corrected chi connectivity index (χ0v) is 10.3. The first kappa shape index (κ1) is 13.5. The number of carbonyl (C=O) groups is 1. The van der Waals surface area contributed by atoms with Crippen molar-refractivity contribution in [2.45, 2.75) is 51.7 Å². The quantitative estimate of drug-likeness (QED) is 0.719. The predicted octanol–water partition coefficient (Wildman–Crippen LogP) is 1.17. The molecule has 4 heteroatoms. The minimum Gasteiger partial charge on any atom is -0.465 e. The second-order valence-electron chi connectivity index (χ2n) is 4.32. The van der Waals surface area contributed by atoms with Crippen LogP contribution in [0.2, 0.25) is 0 Å². The van der Waals surface area contributed by atoms with E-state index in [0.29, 0.717) is 13.2 Å². The Bertz CT molecular complexity index is 220. The Hall–Kier alpha value is -0.610. The van der Waals surface area contributed by atoms with E-state index in [-0.39, 0.29) is 18.1 Å². The number of likely N-dealkylation sites (tertiary alicyclic amines) is 1. The fourth-order valence-corrected chi connectivity index (χ4v) is 2.11. The number of β-amino-alcohol motifs (C(OH)–C–C–N with tert-alkyl or cyclic N) is 1. The van der Waals surface area contributed by atoms with Gasteiger partial charge in [0.2, 0.25) is 0 Å². The molecule has 1 fully saturated rings. The highest BCUT2D eigenvalue weighted by Crippen LogP contribution is 2.18. The van der Waals surface area contributed by atoms with Crippen molar-refractivity contribution in [2.24, 2.45) is 0 Å². The summed E-state index contributed by atoms with van der Waals surface area (Å²) in [5, 5.41) is 9.65. The number of carbonyl (C=O) groups excluding carboxylic acids is 1. The molecule has 1 aliphatic rings. The largest absolute Gasteiger partial charge is 0.465 e. The molecule has 16 heavy (non-hydrogen) atoms. The Morgan fingerprint density at radius 2 is 2.25 bits per heavy atom. The number of hydrogen-bond donors (Lipinski definition) is 1. The summed E-state index contributed by atoms with van der Waals surface area (Å²) in [5.74, 6) is -0.134. The van der Waals surface area contributed by atoms with E-state index in [1.807, 2.05) is 13.8 Å². The van der Waals surface area contributed by atoms with Gasteiger partial charge in [-0.2, -0.15) is 0 Å². The molecule has 0 radical (unpaired) electrons. The summed E-state index contributed by atoms with van der Waals surface area (Å²) >= 11 is 0. The normalized spacial score (nSPS) is 24.1. The molecular weight excluding hydrogens is 206 g/mol. The summed E-state index contributed by atoms with van der Waals surface area (Å²) in [7, 11) is 0. The summed E-state index contributed by atoms with van der Waals surface area (Å²) in [4.78, 5) is 13.8. The maximum atomic E-state index is 11.7. The van der Waals surface area contributed by atoms with Crippen LogP contribution in [0.25, 0.3) is 0 Å². The molecule has 0 amide bonds. The van der Waals surface area contributed by atoms with E-state index in [1.165, 1.54) is 0 Å². The molecule has 1 saturated heterocycles. The minimum atomic E-state index is -0.338. The van der Waals surface area contributed by atoms with Crippen molar-refractivity contribution in [3.8, 4) is 0 Å². The molecule has 2 unspecified atom stereocenters. The van der Waals surface area contributed by atoms with E-state index in [1.54, 1.807) is 0 Å². The molecule has 1 aliphatic heterocycles. The van der Waals surface area contributed by atoms with Crippen molar-refractivity contribution in [3.63, 3.8) is 0 Å². The number of aliphatic hydroxyl groups is 1. The summed E-state index contributed by atoms with van der Waals surface area (Å²) in [5.41, 5.74) is 0. The van der Waals surface area contributed by atoms with Crippen LogP contribution in [0.1, 0.15) is 39.5 Å². The van der Waals surface area contributed by atoms with Crippen molar-refractivity contribution in [2.75, 3.05) is 19.7 Å². The van der Waals surface area contributed by atoms with Crippen molar-refractivity contribution >= 4 is 5.97 Å². The molecule has 0 spiro atoms. The van der Waals surface area contributed by atoms with Crippen LogP contribution < -0.4 is 0 Å². The average Bonchev–Trinajstić information content (AvgIpc) is 2.30. The number of hydrogen-bond acceptors (Lipinski definition) is 4. The van der Waals surface area contributed by atoms with Crippen LogP contribution in [0.15, 0.2) is 0 Å². The third-order valence-electron chi connectivity index (χ3n) is 3.09. The molecule has 1 heterocycles. The van der Waals surface area contributed by atoms with Gasteiger partial charge >= 0.3 is 5.97 Å². The molecule has 0 aromatic rings. The van der Waals surface area contributed by atoms with E-state index < -0.39 is 0 Å². The van der Waals surface area contributed by atoms with Crippen LogP contribution >= 0.6 is 0 Å². The van der Waals surface area contributed by atoms with E-state index in [4.69, 9.17) is 4.74 Å². The van der Waals surface area contributed by atoms with Gasteiger partial charge in [-0.1, -0.05) is 13.3 Å². The molecule has 94 valence electrons. The highest BCUT2D eigenvalue weighted by molar-refractivity contribution is 5.75. The summed E-state index contributed by atoms with van der Waals surface area (Å²) in [6, 6.07) is -0.144.